The second-order valence-corrected chi connectivity index (χ2v) is 4.54. The molecule has 1 amide bonds. The van der Waals surface area contributed by atoms with Crippen LogP contribution in [0.15, 0.2) is 27.3 Å². The molecule has 0 aliphatic heterocycles. The Labute approximate surface area is 110 Å². The van der Waals surface area contributed by atoms with Crippen LogP contribution < -0.4 is 5.32 Å². The Balaban J connectivity index is 2.21. The number of carbonyl (C=O) groups is 1. The zero-order chi connectivity index (χ0) is 12.4. The molecule has 0 radical (unpaired) electrons. The summed E-state index contributed by atoms with van der Waals surface area (Å²) in [7, 11) is 0. The Bertz CT molecular complexity index is 570. The zero-order valence-corrected chi connectivity index (χ0v) is 11.0. The van der Waals surface area contributed by atoms with Gasteiger partial charge in [0.15, 0.2) is 10.8 Å². The SMILES string of the molecule is Cc1cc(C(=O)Nc2cc(Br)cnc2Cl)no1. The highest BCUT2D eigenvalue weighted by Gasteiger charge is 2.13. The van der Waals surface area contributed by atoms with Crippen LogP contribution in [0.4, 0.5) is 5.69 Å². The van der Waals surface area contributed by atoms with Crippen molar-refractivity contribution in [1.82, 2.24) is 10.1 Å². The number of pyridine rings is 1. The number of amides is 1. The molecule has 0 aliphatic rings. The fraction of sp³-hybridized carbons (Fsp3) is 0.100. The van der Waals surface area contributed by atoms with Gasteiger partial charge in [-0.05, 0) is 28.9 Å². The van der Waals surface area contributed by atoms with Crippen molar-refractivity contribution in [2.75, 3.05) is 5.32 Å². The molecule has 0 aliphatic carbocycles. The standard InChI is InChI=1S/C10H7BrClN3O2/c1-5-2-8(15-17-5)10(16)14-7-3-6(11)4-13-9(7)12/h2-4H,1H3,(H,14,16). The van der Waals surface area contributed by atoms with Crippen molar-refractivity contribution in [3.8, 4) is 0 Å². The maximum absolute atomic E-state index is 11.8. The lowest BCUT2D eigenvalue weighted by Gasteiger charge is -2.04. The molecule has 2 aromatic rings. The molecule has 17 heavy (non-hydrogen) atoms. The van der Waals surface area contributed by atoms with Gasteiger partial charge in [-0.3, -0.25) is 4.79 Å². The van der Waals surface area contributed by atoms with Gasteiger partial charge in [-0.2, -0.15) is 0 Å². The van der Waals surface area contributed by atoms with Gasteiger partial charge in [0.05, 0.1) is 5.69 Å². The summed E-state index contributed by atoms with van der Waals surface area (Å²) in [4.78, 5) is 15.6. The largest absolute Gasteiger partial charge is 0.361 e. The maximum atomic E-state index is 11.8. The van der Waals surface area contributed by atoms with Crippen molar-refractivity contribution >= 4 is 39.1 Å². The molecule has 0 unspecified atom stereocenters. The smallest absolute Gasteiger partial charge is 0.277 e. The third-order valence-electron chi connectivity index (χ3n) is 1.91. The van der Waals surface area contributed by atoms with E-state index in [-0.39, 0.29) is 10.8 Å². The second-order valence-electron chi connectivity index (χ2n) is 3.27. The summed E-state index contributed by atoms with van der Waals surface area (Å²) in [6, 6.07) is 3.19. The van der Waals surface area contributed by atoms with E-state index in [1.807, 2.05) is 0 Å². The van der Waals surface area contributed by atoms with Gasteiger partial charge in [0, 0.05) is 16.7 Å². The van der Waals surface area contributed by atoms with Crippen molar-refractivity contribution in [2.45, 2.75) is 6.92 Å². The first-order valence-electron chi connectivity index (χ1n) is 4.62. The van der Waals surface area contributed by atoms with Crippen molar-refractivity contribution < 1.29 is 9.32 Å². The summed E-state index contributed by atoms with van der Waals surface area (Å²) in [6.45, 7) is 1.71. The van der Waals surface area contributed by atoms with Gasteiger partial charge >= 0.3 is 0 Å². The topological polar surface area (TPSA) is 68.0 Å². The van der Waals surface area contributed by atoms with Crippen LogP contribution in [0.25, 0.3) is 0 Å². The minimum Gasteiger partial charge on any atom is -0.361 e. The van der Waals surface area contributed by atoms with Gasteiger partial charge in [-0.15, -0.1) is 0 Å². The van der Waals surface area contributed by atoms with Gasteiger partial charge in [-0.1, -0.05) is 16.8 Å². The number of nitrogens with one attached hydrogen (secondary N) is 1. The number of carbonyl (C=O) groups excluding carboxylic acids is 1. The van der Waals surface area contributed by atoms with E-state index in [0.717, 1.165) is 0 Å². The summed E-state index contributed by atoms with van der Waals surface area (Å²) in [5.41, 5.74) is 0.602. The molecule has 7 heteroatoms. The molecule has 0 bridgehead atoms. The number of rotatable bonds is 2. The third kappa shape index (κ3) is 2.83. The highest BCUT2D eigenvalue weighted by molar-refractivity contribution is 9.10. The molecule has 0 spiro atoms. The lowest BCUT2D eigenvalue weighted by atomic mass is 10.3. The van der Waals surface area contributed by atoms with Crippen LogP contribution in [-0.2, 0) is 0 Å². The summed E-state index contributed by atoms with van der Waals surface area (Å²) in [5, 5.41) is 6.41. The van der Waals surface area contributed by atoms with E-state index < -0.39 is 5.91 Å². The minimum atomic E-state index is -0.399. The maximum Gasteiger partial charge on any atom is 0.277 e. The average Bonchev–Trinajstić information content (AvgIpc) is 2.70. The van der Waals surface area contributed by atoms with Gasteiger partial charge in [0.25, 0.3) is 5.91 Å². The fourth-order valence-corrected chi connectivity index (χ4v) is 1.65. The highest BCUT2D eigenvalue weighted by atomic mass is 79.9. The number of aryl methyl sites for hydroxylation is 1. The predicted molar refractivity (Wildman–Crippen MR) is 66.1 cm³/mol. The Morgan fingerprint density at radius 3 is 2.94 bits per heavy atom. The molecule has 0 atom stereocenters. The minimum absolute atomic E-state index is 0.193. The zero-order valence-electron chi connectivity index (χ0n) is 8.70. The highest BCUT2D eigenvalue weighted by Crippen LogP contribution is 2.23. The van der Waals surface area contributed by atoms with Crippen molar-refractivity contribution in [2.24, 2.45) is 0 Å². The average molecular weight is 317 g/mol. The second kappa shape index (κ2) is 4.85. The summed E-state index contributed by atoms with van der Waals surface area (Å²) < 4.78 is 5.52. The van der Waals surface area contributed by atoms with Crippen molar-refractivity contribution in [1.29, 1.82) is 0 Å². The molecule has 0 saturated carbocycles. The quantitative estimate of drug-likeness (QED) is 0.865. The van der Waals surface area contributed by atoms with E-state index >= 15 is 0 Å². The molecular formula is C10H7BrClN3O2. The Morgan fingerprint density at radius 1 is 1.53 bits per heavy atom. The molecule has 0 saturated heterocycles. The van der Waals surface area contributed by atoms with Crippen LogP contribution >= 0.6 is 27.5 Å². The molecule has 0 fully saturated rings. The lowest BCUT2D eigenvalue weighted by molar-refractivity contribution is 0.101. The van der Waals surface area contributed by atoms with Gasteiger partial charge < -0.3 is 9.84 Å². The molecular weight excluding hydrogens is 309 g/mol. The van der Waals surface area contributed by atoms with Gasteiger partial charge in [-0.25, -0.2) is 4.98 Å². The van der Waals surface area contributed by atoms with Gasteiger partial charge in [0.1, 0.15) is 5.76 Å². The monoisotopic (exact) mass is 315 g/mol. The molecule has 2 aromatic heterocycles. The van der Waals surface area contributed by atoms with Crippen LogP contribution in [-0.4, -0.2) is 16.0 Å². The number of halogens is 2. The van der Waals surface area contributed by atoms with Crippen molar-refractivity contribution in [3.05, 3.63) is 39.4 Å². The molecule has 0 aromatic carbocycles. The molecule has 2 heterocycles. The Kier molecular flexibility index (Phi) is 3.44. The van der Waals surface area contributed by atoms with E-state index in [1.54, 1.807) is 13.0 Å². The third-order valence-corrected chi connectivity index (χ3v) is 2.65. The van der Waals surface area contributed by atoms with E-state index in [9.17, 15) is 4.79 Å². The number of anilines is 1. The first-order chi connectivity index (χ1) is 8.06. The number of aromatic nitrogens is 2. The van der Waals surface area contributed by atoms with Crippen LogP contribution in [0.3, 0.4) is 0 Å². The normalized spacial score (nSPS) is 10.3. The molecule has 88 valence electrons. The van der Waals surface area contributed by atoms with E-state index in [1.165, 1.54) is 12.3 Å². The van der Waals surface area contributed by atoms with Crippen LogP contribution in [0.2, 0.25) is 5.15 Å². The molecule has 1 N–H and O–H groups in total. The van der Waals surface area contributed by atoms with E-state index in [4.69, 9.17) is 16.1 Å². The Morgan fingerprint density at radius 2 is 2.29 bits per heavy atom. The van der Waals surface area contributed by atoms with Crippen LogP contribution in [0.1, 0.15) is 16.2 Å². The first kappa shape index (κ1) is 12.1. The molecule has 2 rings (SSSR count). The molecule has 5 nitrogen and oxygen atoms in total. The fourth-order valence-electron chi connectivity index (χ4n) is 1.17. The number of nitrogens with zero attached hydrogens (tertiary/aromatic N) is 2. The lowest BCUT2D eigenvalue weighted by Crippen LogP contribution is -2.12. The van der Waals surface area contributed by atoms with Crippen LogP contribution in [0, 0.1) is 6.92 Å². The summed E-state index contributed by atoms with van der Waals surface area (Å²) >= 11 is 9.08. The number of hydrogen-bond acceptors (Lipinski definition) is 4. The summed E-state index contributed by atoms with van der Waals surface area (Å²) in [6.07, 6.45) is 1.54. The summed E-state index contributed by atoms with van der Waals surface area (Å²) in [5.74, 6) is 0.164. The van der Waals surface area contributed by atoms with E-state index in [0.29, 0.717) is 15.9 Å². The number of hydrogen-bond donors (Lipinski definition) is 1. The van der Waals surface area contributed by atoms with Crippen LogP contribution in [0.5, 0.6) is 0 Å². The van der Waals surface area contributed by atoms with Gasteiger partial charge in [0.2, 0.25) is 0 Å². The Hall–Kier alpha value is -1.40. The van der Waals surface area contributed by atoms with E-state index in [2.05, 4.69) is 31.4 Å². The predicted octanol–water partition coefficient (Wildman–Crippen LogP) is 3.05. The first-order valence-corrected chi connectivity index (χ1v) is 5.79. The van der Waals surface area contributed by atoms with Crippen molar-refractivity contribution in [3.63, 3.8) is 0 Å².